The minimum absolute atomic E-state index is 0.194. The van der Waals surface area contributed by atoms with Crippen molar-refractivity contribution in [1.82, 2.24) is 4.90 Å². The van der Waals surface area contributed by atoms with Crippen LogP contribution in [0, 0.1) is 11.8 Å². The molecule has 2 heterocycles. The van der Waals surface area contributed by atoms with Gasteiger partial charge in [0.1, 0.15) is 5.60 Å². The van der Waals surface area contributed by atoms with Crippen LogP contribution in [-0.4, -0.2) is 40.4 Å². The van der Waals surface area contributed by atoms with Gasteiger partial charge in [-0.2, -0.15) is 0 Å². The first-order valence-electron chi connectivity index (χ1n) is 5.97. The van der Waals surface area contributed by atoms with Crippen molar-refractivity contribution in [2.75, 3.05) is 6.54 Å². The number of amides is 1. The van der Waals surface area contributed by atoms with E-state index in [9.17, 15) is 9.90 Å². The maximum absolute atomic E-state index is 11.9. The third-order valence-electron chi connectivity index (χ3n) is 3.55. The summed E-state index contributed by atoms with van der Waals surface area (Å²) in [7, 11) is 0. The minimum Gasteiger partial charge on any atom is -0.444 e. The van der Waals surface area contributed by atoms with Gasteiger partial charge in [-0.25, -0.2) is 4.79 Å². The molecule has 0 radical (unpaired) electrons. The Hall–Kier alpha value is -0.770. The molecule has 0 aromatic rings. The molecule has 16 heavy (non-hydrogen) atoms. The smallest absolute Gasteiger partial charge is 0.410 e. The Balaban J connectivity index is 1.96. The van der Waals surface area contributed by atoms with E-state index in [-0.39, 0.29) is 24.2 Å². The van der Waals surface area contributed by atoms with Crippen LogP contribution in [0.2, 0.25) is 0 Å². The van der Waals surface area contributed by atoms with E-state index < -0.39 is 5.60 Å². The maximum Gasteiger partial charge on any atom is 0.410 e. The second kappa shape index (κ2) is 3.62. The van der Waals surface area contributed by atoms with Crippen LogP contribution in [-0.2, 0) is 4.74 Å². The van der Waals surface area contributed by atoms with E-state index in [2.05, 4.69) is 0 Å². The van der Waals surface area contributed by atoms with Crippen molar-refractivity contribution in [1.29, 1.82) is 0 Å². The normalized spacial score (nSPS) is 34.6. The van der Waals surface area contributed by atoms with Crippen LogP contribution in [0.15, 0.2) is 0 Å². The largest absolute Gasteiger partial charge is 0.444 e. The summed E-state index contributed by atoms with van der Waals surface area (Å²) in [4.78, 5) is 13.7. The Bertz CT molecular complexity index is 295. The fourth-order valence-corrected chi connectivity index (χ4v) is 2.91. The molecule has 0 aromatic heterocycles. The van der Waals surface area contributed by atoms with E-state index in [0.717, 1.165) is 13.0 Å². The Labute approximate surface area is 96.6 Å². The van der Waals surface area contributed by atoms with E-state index >= 15 is 0 Å². The predicted octanol–water partition coefficient (Wildman–Crippen LogP) is 1.62. The summed E-state index contributed by atoms with van der Waals surface area (Å²) in [5, 5.41) is 9.61. The predicted molar refractivity (Wildman–Crippen MR) is 60.0 cm³/mol. The standard InChI is InChI=1S/C12H21NO3/c1-7(14)10-8-5-9(10)13(6-8)11(15)16-12(2,3)4/h7-10,14H,5-6H2,1-4H3/t7-,8+,9-,10-/m0/s1. The van der Waals surface area contributed by atoms with Crippen LogP contribution in [0.25, 0.3) is 0 Å². The van der Waals surface area contributed by atoms with Crippen molar-refractivity contribution in [3.05, 3.63) is 0 Å². The number of hydrogen-bond acceptors (Lipinski definition) is 3. The second-order valence-corrected chi connectivity index (χ2v) is 6.01. The topological polar surface area (TPSA) is 49.8 Å². The van der Waals surface area contributed by atoms with Crippen molar-refractivity contribution >= 4 is 6.09 Å². The molecule has 1 saturated carbocycles. The molecule has 1 amide bonds. The van der Waals surface area contributed by atoms with Crippen LogP contribution in [0.5, 0.6) is 0 Å². The molecular formula is C12H21NO3. The van der Waals surface area contributed by atoms with Gasteiger partial charge in [-0.1, -0.05) is 0 Å². The minimum atomic E-state index is -0.440. The van der Waals surface area contributed by atoms with Gasteiger partial charge in [-0.05, 0) is 40.0 Å². The first-order valence-corrected chi connectivity index (χ1v) is 5.97. The fourth-order valence-electron chi connectivity index (χ4n) is 2.91. The van der Waals surface area contributed by atoms with Crippen molar-refractivity contribution in [2.24, 2.45) is 11.8 Å². The Kier molecular flexibility index (Phi) is 2.65. The molecule has 0 unspecified atom stereocenters. The maximum atomic E-state index is 11.9. The van der Waals surface area contributed by atoms with Gasteiger partial charge in [-0.15, -0.1) is 0 Å². The van der Waals surface area contributed by atoms with Gasteiger partial charge in [0.15, 0.2) is 0 Å². The van der Waals surface area contributed by atoms with Crippen molar-refractivity contribution in [2.45, 2.75) is 51.9 Å². The average molecular weight is 227 g/mol. The van der Waals surface area contributed by atoms with Gasteiger partial charge < -0.3 is 14.7 Å². The summed E-state index contributed by atoms with van der Waals surface area (Å²) in [6, 6.07) is 0.194. The van der Waals surface area contributed by atoms with Gasteiger partial charge in [0, 0.05) is 18.5 Å². The van der Waals surface area contributed by atoms with Gasteiger partial charge in [-0.3, -0.25) is 0 Å². The van der Waals surface area contributed by atoms with Gasteiger partial charge >= 0.3 is 6.09 Å². The number of carbonyl (C=O) groups is 1. The molecule has 1 N–H and O–H groups in total. The number of aliphatic hydroxyl groups excluding tert-OH is 1. The molecule has 4 nitrogen and oxygen atoms in total. The summed E-state index contributed by atoms with van der Waals surface area (Å²) < 4.78 is 5.35. The highest BCUT2D eigenvalue weighted by Crippen LogP contribution is 2.48. The van der Waals surface area contributed by atoms with Gasteiger partial charge in [0.05, 0.1) is 6.10 Å². The number of ether oxygens (including phenoxy) is 1. The number of nitrogens with zero attached hydrogens (tertiary/aromatic N) is 1. The van der Waals surface area contributed by atoms with E-state index in [1.807, 2.05) is 27.7 Å². The number of rotatable bonds is 1. The van der Waals surface area contributed by atoms with E-state index in [1.54, 1.807) is 4.90 Å². The van der Waals surface area contributed by atoms with Crippen molar-refractivity contribution in [3.63, 3.8) is 0 Å². The molecule has 3 fully saturated rings. The third kappa shape index (κ3) is 1.90. The Morgan fingerprint density at radius 1 is 1.50 bits per heavy atom. The molecule has 4 heteroatoms. The molecule has 3 rings (SSSR count). The number of hydrogen-bond donors (Lipinski definition) is 1. The van der Waals surface area contributed by atoms with Crippen molar-refractivity contribution < 1.29 is 14.6 Å². The lowest BCUT2D eigenvalue weighted by Crippen LogP contribution is -2.47. The summed E-state index contributed by atoms with van der Waals surface area (Å²) in [5.41, 5.74) is -0.440. The lowest BCUT2D eigenvalue weighted by Gasteiger charge is -2.38. The molecule has 1 aliphatic carbocycles. The molecule has 0 spiro atoms. The van der Waals surface area contributed by atoms with Crippen LogP contribution in [0.1, 0.15) is 34.1 Å². The van der Waals surface area contributed by atoms with Crippen LogP contribution in [0.4, 0.5) is 4.79 Å². The van der Waals surface area contributed by atoms with Crippen LogP contribution in [0.3, 0.4) is 0 Å². The average Bonchev–Trinajstić information content (AvgIpc) is 2.53. The molecule has 3 aliphatic rings. The monoisotopic (exact) mass is 227 g/mol. The van der Waals surface area contributed by atoms with Crippen molar-refractivity contribution in [3.8, 4) is 0 Å². The summed E-state index contributed by atoms with van der Waals surface area (Å²) in [5.74, 6) is 0.727. The zero-order chi connectivity index (χ0) is 12.1. The highest BCUT2D eigenvalue weighted by atomic mass is 16.6. The third-order valence-corrected chi connectivity index (χ3v) is 3.55. The highest BCUT2D eigenvalue weighted by Gasteiger charge is 2.56. The Morgan fingerprint density at radius 2 is 2.12 bits per heavy atom. The highest BCUT2D eigenvalue weighted by molar-refractivity contribution is 5.69. The SMILES string of the molecule is C[C@H](O)[C@H]1[C@@H]2C[C@@H]1N(C(=O)OC(C)(C)C)C2. The quantitative estimate of drug-likeness (QED) is 0.740. The summed E-state index contributed by atoms with van der Waals surface area (Å²) >= 11 is 0. The van der Waals surface area contributed by atoms with E-state index in [1.165, 1.54) is 0 Å². The van der Waals surface area contributed by atoms with E-state index in [4.69, 9.17) is 4.74 Å². The lowest BCUT2D eigenvalue weighted by molar-refractivity contribution is 0.000963. The zero-order valence-corrected chi connectivity index (χ0v) is 10.4. The van der Waals surface area contributed by atoms with Crippen LogP contribution >= 0.6 is 0 Å². The van der Waals surface area contributed by atoms with Gasteiger partial charge in [0.2, 0.25) is 0 Å². The molecule has 0 aromatic carbocycles. The molecule has 4 atom stereocenters. The second-order valence-electron chi connectivity index (χ2n) is 6.01. The first-order chi connectivity index (χ1) is 7.29. The molecule has 2 saturated heterocycles. The van der Waals surface area contributed by atoms with Gasteiger partial charge in [0.25, 0.3) is 0 Å². The van der Waals surface area contributed by atoms with E-state index in [0.29, 0.717) is 5.92 Å². The molecule has 92 valence electrons. The number of fused-ring (bicyclic) bond motifs is 1. The van der Waals surface area contributed by atoms with Crippen LogP contribution < -0.4 is 0 Å². The zero-order valence-electron chi connectivity index (χ0n) is 10.4. The Morgan fingerprint density at radius 3 is 2.56 bits per heavy atom. The fraction of sp³-hybridized carbons (Fsp3) is 0.917. The summed E-state index contributed by atoms with van der Waals surface area (Å²) in [6.07, 6.45) is 0.466. The first kappa shape index (κ1) is 11.7. The molecule has 2 bridgehead atoms. The summed E-state index contributed by atoms with van der Waals surface area (Å²) in [6.45, 7) is 8.17. The number of aliphatic hydroxyl groups is 1. The molecule has 2 aliphatic heterocycles. The molecular weight excluding hydrogens is 206 g/mol. The number of carbonyl (C=O) groups excluding carboxylic acids is 1. The lowest BCUT2D eigenvalue weighted by atomic mass is 9.71.